The molecule has 0 saturated heterocycles. The van der Waals surface area contributed by atoms with Crippen LogP contribution in [0.1, 0.15) is 5.56 Å². The summed E-state index contributed by atoms with van der Waals surface area (Å²) in [6, 6.07) is 10.6. The molecule has 0 aliphatic heterocycles. The highest BCUT2D eigenvalue weighted by molar-refractivity contribution is 7.89. The van der Waals surface area contributed by atoms with E-state index >= 15 is 0 Å². The summed E-state index contributed by atoms with van der Waals surface area (Å²) >= 11 is 0. The SMILES string of the molecule is Cc1cccc(NC(=O)CNS(=O)(=O)c2ccc(OC(F)(F)F)cc2)c1. The van der Waals surface area contributed by atoms with Crippen LogP contribution in [0.5, 0.6) is 5.75 Å². The molecule has 140 valence electrons. The van der Waals surface area contributed by atoms with Gasteiger partial charge in [0.05, 0.1) is 11.4 Å². The lowest BCUT2D eigenvalue weighted by atomic mass is 10.2. The maximum atomic E-state index is 12.1. The number of nitrogens with one attached hydrogen (secondary N) is 2. The summed E-state index contributed by atoms with van der Waals surface area (Å²) in [7, 11) is -4.06. The van der Waals surface area contributed by atoms with Gasteiger partial charge in [0, 0.05) is 5.69 Å². The van der Waals surface area contributed by atoms with Crippen molar-refractivity contribution in [1.29, 1.82) is 0 Å². The molecular formula is C16H15F3N2O4S. The summed E-state index contributed by atoms with van der Waals surface area (Å²) in [5, 5.41) is 2.53. The molecule has 1 amide bonds. The van der Waals surface area contributed by atoms with E-state index in [9.17, 15) is 26.4 Å². The predicted molar refractivity (Wildman–Crippen MR) is 88.1 cm³/mol. The van der Waals surface area contributed by atoms with Crippen molar-refractivity contribution >= 4 is 21.6 Å². The smallest absolute Gasteiger partial charge is 0.406 e. The second-order valence-electron chi connectivity index (χ2n) is 5.26. The van der Waals surface area contributed by atoms with Crippen LogP contribution in [0, 0.1) is 6.92 Å². The van der Waals surface area contributed by atoms with Crippen molar-refractivity contribution in [3.8, 4) is 5.75 Å². The molecule has 0 unspecified atom stereocenters. The van der Waals surface area contributed by atoms with E-state index in [0.29, 0.717) is 5.69 Å². The van der Waals surface area contributed by atoms with Gasteiger partial charge >= 0.3 is 6.36 Å². The first-order valence-electron chi connectivity index (χ1n) is 7.27. The van der Waals surface area contributed by atoms with Gasteiger partial charge in [0.15, 0.2) is 0 Å². The van der Waals surface area contributed by atoms with Gasteiger partial charge in [-0.1, -0.05) is 12.1 Å². The molecule has 0 aliphatic rings. The van der Waals surface area contributed by atoms with Crippen LogP contribution in [0.2, 0.25) is 0 Å². The third kappa shape index (κ3) is 6.05. The van der Waals surface area contributed by atoms with Crippen molar-refractivity contribution < 1.29 is 31.1 Å². The number of carbonyl (C=O) groups is 1. The van der Waals surface area contributed by atoms with Crippen molar-refractivity contribution in [3.63, 3.8) is 0 Å². The Morgan fingerprint density at radius 1 is 1.12 bits per heavy atom. The summed E-state index contributed by atoms with van der Waals surface area (Å²) in [5.74, 6) is -1.13. The lowest BCUT2D eigenvalue weighted by Gasteiger charge is -2.10. The van der Waals surface area contributed by atoms with Gasteiger partial charge in [-0.3, -0.25) is 4.79 Å². The van der Waals surface area contributed by atoms with Gasteiger partial charge < -0.3 is 10.1 Å². The maximum Gasteiger partial charge on any atom is 0.573 e. The van der Waals surface area contributed by atoms with E-state index in [4.69, 9.17) is 0 Å². The number of alkyl halides is 3. The highest BCUT2D eigenvalue weighted by Crippen LogP contribution is 2.23. The molecule has 0 heterocycles. The molecule has 26 heavy (non-hydrogen) atoms. The molecule has 2 aromatic rings. The Hall–Kier alpha value is -2.59. The second-order valence-corrected chi connectivity index (χ2v) is 7.03. The number of halogens is 3. The number of benzene rings is 2. The Morgan fingerprint density at radius 3 is 2.35 bits per heavy atom. The number of anilines is 1. The fourth-order valence-corrected chi connectivity index (χ4v) is 2.97. The number of amides is 1. The molecular weight excluding hydrogens is 373 g/mol. The Labute approximate surface area is 148 Å². The predicted octanol–water partition coefficient (Wildman–Crippen LogP) is 2.81. The van der Waals surface area contributed by atoms with Crippen molar-refractivity contribution in [2.75, 3.05) is 11.9 Å². The van der Waals surface area contributed by atoms with E-state index < -0.39 is 34.6 Å². The average molecular weight is 388 g/mol. The monoisotopic (exact) mass is 388 g/mol. The van der Waals surface area contributed by atoms with Crippen LogP contribution >= 0.6 is 0 Å². The van der Waals surface area contributed by atoms with E-state index in [1.54, 1.807) is 18.2 Å². The van der Waals surface area contributed by atoms with Gasteiger partial charge in [-0.15, -0.1) is 13.2 Å². The van der Waals surface area contributed by atoms with E-state index in [1.807, 2.05) is 13.0 Å². The first kappa shape index (κ1) is 19.7. The molecule has 6 nitrogen and oxygen atoms in total. The van der Waals surface area contributed by atoms with Crippen LogP contribution in [0.25, 0.3) is 0 Å². The van der Waals surface area contributed by atoms with Crippen molar-refractivity contribution in [2.24, 2.45) is 0 Å². The highest BCUT2D eigenvalue weighted by atomic mass is 32.2. The molecule has 0 aliphatic carbocycles. The number of hydrogen-bond acceptors (Lipinski definition) is 4. The molecule has 10 heteroatoms. The first-order valence-corrected chi connectivity index (χ1v) is 8.75. The summed E-state index contributed by atoms with van der Waals surface area (Å²) in [4.78, 5) is 11.5. The standard InChI is InChI=1S/C16H15F3N2O4S/c1-11-3-2-4-12(9-11)21-15(22)10-20-26(23,24)14-7-5-13(6-8-14)25-16(17,18)19/h2-9,20H,10H2,1H3,(H,21,22). The Balaban J connectivity index is 1.96. The number of aryl methyl sites for hydroxylation is 1. The molecule has 0 radical (unpaired) electrons. The highest BCUT2D eigenvalue weighted by Gasteiger charge is 2.31. The van der Waals surface area contributed by atoms with Gasteiger partial charge in [-0.25, -0.2) is 13.1 Å². The number of sulfonamides is 1. The second kappa shape index (κ2) is 7.75. The molecule has 0 saturated carbocycles. The minimum absolute atomic E-state index is 0.296. The zero-order chi connectivity index (χ0) is 19.4. The number of hydrogen-bond donors (Lipinski definition) is 2. The van der Waals surface area contributed by atoms with Crippen LogP contribution in [0.3, 0.4) is 0 Å². The third-order valence-electron chi connectivity index (χ3n) is 3.09. The normalized spacial score (nSPS) is 11.8. The molecule has 0 spiro atoms. The van der Waals surface area contributed by atoms with Gasteiger partial charge in [-0.2, -0.15) is 0 Å². The largest absolute Gasteiger partial charge is 0.573 e. The number of carbonyl (C=O) groups excluding carboxylic acids is 1. The first-order chi connectivity index (χ1) is 12.0. The zero-order valence-electron chi connectivity index (χ0n) is 13.5. The maximum absolute atomic E-state index is 12.1. The Kier molecular flexibility index (Phi) is 5.88. The minimum Gasteiger partial charge on any atom is -0.406 e. The van der Waals surface area contributed by atoms with Crippen LogP contribution < -0.4 is 14.8 Å². The van der Waals surface area contributed by atoms with E-state index in [0.717, 1.165) is 29.8 Å². The van der Waals surface area contributed by atoms with Gasteiger partial charge in [0.1, 0.15) is 5.75 Å². The van der Waals surface area contributed by atoms with Crippen LogP contribution in [-0.4, -0.2) is 27.2 Å². The number of ether oxygens (including phenoxy) is 1. The quantitative estimate of drug-likeness (QED) is 0.797. The van der Waals surface area contributed by atoms with E-state index in [2.05, 4.69) is 14.8 Å². The Bertz CT molecular complexity index is 881. The molecule has 2 aromatic carbocycles. The summed E-state index contributed by atoms with van der Waals surface area (Å²) in [6.45, 7) is 1.31. The Morgan fingerprint density at radius 2 is 1.77 bits per heavy atom. The zero-order valence-corrected chi connectivity index (χ0v) is 14.3. The lowest BCUT2D eigenvalue weighted by Crippen LogP contribution is -2.32. The van der Waals surface area contributed by atoms with Crippen molar-refractivity contribution in [3.05, 3.63) is 54.1 Å². The molecule has 0 bridgehead atoms. The molecule has 2 N–H and O–H groups in total. The van der Waals surface area contributed by atoms with E-state index in [-0.39, 0.29) is 4.90 Å². The molecule has 0 atom stereocenters. The fraction of sp³-hybridized carbons (Fsp3) is 0.188. The van der Waals surface area contributed by atoms with Crippen molar-refractivity contribution in [1.82, 2.24) is 4.72 Å². The van der Waals surface area contributed by atoms with Gasteiger partial charge in [-0.05, 0) is 48.9 Å². The van der Waals surface area contributed by atoms with Gasteiger partial charge in [0.25, 0.3) is 0 Å². The average Bonchev–Trinajstić information content (AvgIpc) is 2.52. The summed E-state index contributed by atoms with van der Waals surface area (Å²) in [6.07, 6.45) is -4.87. The lowest BCUT2D eigenvalue weighted by molar-refractivity contribution is -0.274. The summed E-state index contributed by atoms with van der Waals surface area (Å²) < 4.78 is 66.2. The van der Waals surface area contributed by atoms with Gasteiger partial charge in [0.2, 0.25) is 15.9 Å². The summed E-state index contributed by atoms with van der Waals surface area (Å²) in [5.41, 5.74) is 1.44. The molecule has 0 fully saturated rings. The third-order valence-corrected chi connectivity index (χ3v) is 4.51. The topological polar surface area (TPSA) is 84.5 Å². The molecule has 2 rings (SSSR count). The minimum atomic E-state index is -4.87. The fourth-order valence-electron chi connectivity index (χ4n) is 1.99. The van der Waals surface area contributed by atoms with Crippen LogP contribution in [-0.2, 0) is 14.8 Å². The van der Waals surface area contributed by atoms with Crippen LogP contribution in [0.15, 0.2) is 53.4 Å². The number of rotatable bonds is 6. The van der Waals surface area contributed by atoms with E-state index in [1.165, 1.54) is 0 Å². The van der Waals surface area contributed by atoms with Crippen LogP contribution in [0.4, 0.5) is 18.9 Å². The molecule has 0 aromatic heterocycles. The van der Waals surface area contributed by atoms with Crippen molar-refractivity contribution in [2.45, 2.75) is 18.2 Å².